The monoisotopic (exact) mass is 171 g/mol. The molecule has 1 rings (SSSR count). The summed E-state index contributed by atoms with van der Waals surface area (Å²) in [6.07, 6.45) is 8.73. The highest BCUT2D eigenvalue weighted by Gasteiger charge is 2.18. The summed E-state index contributed by atoms with van der Waals surface area (Å²) in [7, 11) is 0. The van der Waals surface area contributed by atoms with Crippen LogP contribution in [0.1, 0.15) is 44.9 Å². The maximum absolute atomic E-state index is 9.57. The van der Waals surface area contributed by atoms with Gasteiger partial charge in [-0.05, 0) is 18.8 Å². The SMILES string of the molecule is NCC(O)C1CCCCCCC1. The van der Waals surface area contributed by atoms with E-state index < -0.39 is 0 Å². The van der Waals surface area contributed by atoms with Crippen LogP contribution in [0.15, 0.2) is 0 Å². The van der Waals surface area contributed by atoms with Crippen LogP contribution in [0.5, 0.6) is 0 Å². The second-order valence-corrected chi connectivity index (χ2v) is 3.91. The molecule has 0 spiro atoms. The van der Waals surface area contributed by atoms with Crippen molar-refractivity contribution in [2.75, 3.05) is 6.54 Å². The Labute approximate surface area is 75.2 Å². The largest absolute Gasteiger partial charge is 0.392 e. The molecule has 3 N–H and O–H groups in total. The molecule has 2 heteroatoms. The zero-order valence-electron chi connectivity index (χ0n) is 7.84. The highest BCUT2D eigenvalue weighted by Crippen LogP contribution is 2.24. The Kier molecular flexibility index (Phi) is 4.62. The summed E-state index contributed by atoms with van der Waals surface area (Å²) in [5.41, 5.74) is 5.44. The predicted octanol–water partition coefficient (Wildman–Crippen LogP) is 1.67. The van der Waals surface area contributed by atoms with Crippen LogP contribution in [0.3, 0.4) is 0 Å². The maximum atomic E-state index is 9.57. The Balaban J connectivity index is 2.29. The van der Waals surface area contributed by atoms with E-state index in [1.54, 1.807) is 0 Å². The summed E-state index contributed by atoms with van der Waals surface area (Å²) in [4.78, 5) is 0. The summed E-state index contributed by atoms with van der Waals surface area (Å²) in [5.74, 6) is 0.482. The van der Waals surface area contributed by atoms with Gasteiger partial charge in [0.1, 0.15) is 0 Å². The first-order valence-corrected chi connectivity index (χ1v) is 5.22. The molecule has 1 fully saturated rings. The Hall–Kier alpha value is -0.0800. The molecule has 0 amide bonds. The van der Waals surface area contributed by atoms with Crippen LogP contribution in [0.2, 0.25) is 0 Å². The van der Waals surface area contributed by atoms with Crippen molar-refractivity contribution in [1.82, 2.24) is 0 Å². The number of rotatable bonds is 2. The van der Waals surface area contributed by atoms with Crippen molar-refractivity contribution in [2.45, 2.75) is 51.0 Å². The van der Waals surface area contributed by atoms with Crippen LogP contribution in [-0.2, 0) is 0 Å². The summed E-state index contributed by atoms with van der Waals surface area (Å²) in [6.45, 7) is 0.435. The number of aliphatic hydroxyl groups is 1. The van der Waals surface area contributed by atoms with Crippen LogP contribution in [-0.4, -0.2) is 17.8 Å². The first kappa shape index (κ1) is 10.0. The lowest BCUT2D eigenvalue weighted by Crippen LogP contribution is -2.29. The van der Waals surface area contributed by atoms with Gasteiger partial charge in [0.05, 0.1) is 6.10 Å². The average molecular weight is 171 g/mol. The van der Waals surface area contributed by atoms with Gasteiger partial charge >= 0.3 is 0 Å². The molecule has 1 aliphatic rings. The van der Waals surface area contributed by atoms with Crippen LogP contribution in [0, 0.1) is 5.92 Å². The molecule has 1 aliphatic carbocycles. The van der Waals surface area contributed by atoms with E-state index in [9.17, 15) is 5.11 Å². The number of nitrogens with two attached hydrogens (primary N) is 1. The Morgan fingerprint density at radius 2 is 1.58 bits per heavy atom. The van der Waals surface area contributed by atoms with Crippen molar-refractivity contribution >= 4 is 0 Å². The van der Waals surface area contributed by atoms with Crippen LogP contribution < -0.4 is 5.73 Å². The highest BCUT2D eigenvalue weighted by atomic mass is 16.3. The lowest BCUT2D eigenvalue weighted by atomic mass is 9.87. The lowest BCUT2D eigenvalue weighted by molar-refractivity contribution is 0.0984. The van der Waals surface area contributed by atoms with Crippen molar-refractivity contribution in [2.24, 2.45) is 11.7 Å². The highest BCUT2D eigenvalue weighted by molar-refractivity contribution is 4.71. The fourth-order valence-corrected chi connectivity index (χ4v) is 2.06. The van der Waals surface area contributed by atoms with E-state index in [0.29, 0.717) is 12.5 Å². The molecule has 12 heavy (non-hydrogen) atoms. The molecular weight excluding hydrogens is 150 g/mol. The van der Waals surface area contributed by atoms with E-state index in [4.69, 9.17) is 5.73 Å². The van der Waals surface area contributed by atoms with Gasteiger partial charge in [-0.1, -0.05) is 32.1 Å². The summed E-state index contributed by atoms with van der Waals surface area (Å²) in [6, 6.07) is 0. The van der Waals surface area contributed by atoms with Gasteiger partial charge in [0, 0.05) is 6.54 Å². The molecule has 0 aromatic heterocycles. The number of hydrogen-bond donors (Lipinski definition) is 2. The molecule has 0 bridgehead atoms. The third kappa shape index (κ3) is 3.11. The molecule has 1 unspecified atom stereocenters. The van der Waals surface area contributed by atoms with E-state index in [1.807, 2.05) is 0 Å². The van der Waals surface area contributed by atoms with Gasteiger partial charge in [0.15, 0.2) is 0 Å². The minimum absolute atomic E-state index is 0.247. The third-order valence-corrected chi connectivity index (χ3v) is 2.94. The number of hydrogen-bond acceptors (Lipinski definition) is 2. The summed E-state index contributed by atoms with van der Waals surface area (Å²) < 4.78 is 0. The maximum Gasteiger partial charge on any atom is 0.0690 e. The molecule has 0 aliphatic heterocycles. The first-order chi connectivity index (χ1) is 5.84. The molecule has 0 saturated heterocycles. The van der Waals surface area contributed by atoms with E-state index >= 15 is 0 Å². The Morgan fingerprint density at radius 1 is 1.08 bits per heavy atom. The van der Waals surface area contributed by atoms with Crippen LogP contribution in [0.4, 0.5) is 0 Å². The molecule has 0 radical (unpaired) electrons. The first-order valence-electron chi connectivity index (χ1n) is 5.22. The second-order valence-electron chi connectivity index (χ2n) is 3.91. The van der Waals surface area contributed by atoms with Gasteiger partial charge in [-0.3, -0.25) is 0 Å². The molecular formula is C10H21NO. The topological polar surface area (TPSA) is 46.2 Å². The molecule has 1 atom stereocenters. The molecule has 72 valence electrons. The van der Waals surface area contributed by atoms with E-state index in [-0.39, 0.29) is 6.10 Å². The molecule has 0 aromatic rings. The molecule has 0 heterocycles. The minimum Gasteiger partial charge on any atom is -0.392 e. The van der Waals surface area contributed by atoms with Gasteiger partial charge in [0.2, 0.25) is 0 Å². The van der Waals surface area contributed by atoms with Gasteiger partial charge in [0.25, 0.3) is 0 Å². The van der Waals surface area contributed by atoms with Gasteiger partial charge in [-0.2, -0.15) is 0 Å². The van der Waals surface area contributed by atoms with Gasteiger partial charge < -0.3 is 10.8 Å². The Bertz CT molecular complexity index is 108. The molecule has 1 saturated carbocycles. The van der Waals surface area contributed by atoms with Crippen molar-refractivity contribution in [3.63, 3.8) is 0 Å². The van der Waals surface area contributed by atoms with Gasteiger partial charge in [-0.15, -0.1) is 0 Å². The van der Waals surface area contributed by atoms with Gasteiger partial charge in [-0.25, -0.2) is 0 Å². The zero-order chi connectivity index (χ0) is 8.81. The van der Waals surface area contributed by atoms with E-state index in [1.165, 1.54) is 44.9 Å². The predicted molar refractivity (Wildman–Crippen MR) is 50.9 cm³/mol. The van der Waals surface area contributed by atoms with Crippen molar-refractivity contribution in [3.05, 3.63) is 0 Å². The normalized spacial score (nSPS) is 24.5. The lowest BCUT2D eigenvalue weighted by Gasteiger charge is -2.23. The van der Waals surface area contributed by atoms with Crippen molar-refractivity contribution in [3.8, 4) is 0 Å². The summed E-state index contributed by atoms with van der Waals surface area (Å²) in [5, 5.41) is 9.57. The smallest absolute Gasteiger partial charge is 0.0690 e. The molecule has 0 aromatic carbocycles. The van der Waals surface area contributed by atoms with Crippen molar-refractivity contribution < 1.29 is 5.11 Å². The van der Waals surface area contributed by atoms with E-state index in [0.717, 1.165) is 0 Å². The van der Waals surface area contributed by atoms with Crippen molar-refractivity contribution in [1.29, 1.82) is 0 Å². The van der Waals surface area contributed by atoms with Crippen LogP contribution >= 0.6 is 0 Å². The number of aliphatic hydroxyl groups excluding tert-OH is 1. The van der Waals surface area contributed by atoms with Crippen LogP contribution in [0.25, 0.3) is 0 Å². The fourth-order valence-electron chi connectivity index (χ4n) is 2.06. The fraction of sp³-hybridized carbons (Fsp3) is 1.00. The Morgan fingerprint density at radius 3 is 2.08 bits per heavy atom. The summed E-state index contributed by atoms with van der Waals surface area (Å²) >= 11 is 0. The standard InChI is InChI=1S/C10H21NO/c11-8-10(12)9-6-4-2-1-3-5-7-9/h9-10,12H,1-8,11H2. The zero-order valence-corrected chi connectivity index (χ0v) is 7.84. The minimum atomic E-state index is -0.247. The third-order valence-electron chi connectivity index (χ3n) is 2.94. The second kappa shape index (κ2) is 5.55. The molecule has 2 nitrogen and oxygen atoms in total. The quantitative estimate of drug-likeness (QED) is 0.664. The van der Waals surface area contributed by atoms with E-state index in [2.05, 4.69) is 0 Å². The average Bonchev–Trinajstić information content (AvgIpc) is 2.02.